The van der Waals surface area contributed by atoms with Crippen molar-refractivity contribution in [3.63, 3.8) is 0 Å². The molecule has 0 radical (unpaired) electrons. The van der Waals surface area contributed by atoms with Gasteiger partial charge in [-0.2, -0.15) is 0 Å². The number of carbonyl (C=O) groups is 1. The topological polar surface area (TPSA) is 87.9 Å². The van der Waals surface area contributed by atoms with E-state index in [2.05, 4.69) is 4.74 Å². The lowest BCUT2D eigenvalue weighted by Crippen LogP contribution is -2.21. The summed E-state index contributed by atoms with van der Waals surface area (Å²) in [5.41, 5.74) is 0.0692. The molecule has 0 atom stereocenters. The van der Waals surface area contributed by atoms with E-state index in [1.165, 1.54) is 25.3 Å². The van der Waals surface area contributed by atoms with Gasteiger partial charge in [0.25, 0.3) is 0 Å². The summed E-state index contributed by atoms with van der Waals surface area (Å²) in [6, 6.07) is 3.96. The Bertz CT molecular complexity index is 524. The number of hydrogen-bond donors (Lipinski definition) is 0. The Hall–Kier alpha value is -2.15. The van der Waals surface area contributed by atoms with Crippen LogP contribution in [-0.4, -0.2) is 37.8 Å². The largest absolute Gasteiger partial charge is 0.486 e. The molecule has 1 aromatic rings. The number of nitrogens with zero attached hydrogens (tertiary/aromatic N) is 1. The predicted octanol–water partition coefficient (Wildman–Crippen LogP) is 2.19. The number of esters is 1. The standard InChI is InChI=1S/C14H17NO6/c1-19-14(16)11-2-3-12(15(17)18)13(8-11)21-9-10-4-6-20-7-5-10/h2-3,8,10H,4-7,9H2,1H3. The van der Waals surface area contributed by atoms with Crippen molar-refractivity contribution in [1.29, 1.82) is 0 Å². The van der Waals surface area contributed by atoms with Gasteiger partial charge in [-0.05, 0) is 24.8 Å². The molecular formula is C14H17NO6. The quantitative estimate of drug-likeness (QED) is 0.470. The number of carbonyl (C=O) groups excluding carboxylic acids is 1. The van der Waals surface area contributed by atoms with Gasteiger partial charge in [-0.1, -0.05) is 0 Å². The molecular weight excluding hydrogens is 278 g/mol. The Labute approximate surface area is 122 Å². The molecule has 114 valence electrons. The summed E-state index contributed by atoms with van der Waals surface area (Å²) in [6.45, 7) is 1.73. The fraction of sp³-hybridized carbons (Fsp3) is 0.500. The van der Waals surface area contributed by atoms with Crippen LogP contribution >= 0.6 is 0 Å². The first-order chi connectivity index (χ1) is 10.1. The van der Waals surface area contributed by atoms with Crippen LogP contribution in [0.4, 0.5) is 5.69 Å². The number of benzene rings is 1. The lowest BCUT2D eigenvalue weighted by Gasteiger charge is -2.22. The van der Waals surface area contributed by atoms with E-state index in [0.29, 0.717) is 25.7 Å². The Morgan fingerprint density at radius 3 is 2.76 bits per heavy atom. The average Bonchev–Trinajstić information content (AvgIpc) is 2.52. The van der Waals surface area contributed by atoms with Crippen molar-refractivity contribution in [3.05, 3.63) is 33.9 Å². The summed E-state index contributed by atoms with van der Waals surface area (Å²) in [6.07, 6.45) is 1.73. The van der Waals surface area contributed by atoms with Crippen LogP contribution in [0, 0.1) is 16.0 Å². The van der Waals surface area contributed by atoms with Gasteiger partial charge in [-0.25, -0.2) is 4.79 Å². The summed E-state index contributed by atoms with van der Waals surface area (Å²) in [5.74, 6) is -0.157. The van der Waals surface area contributed by atoms with E-state index in [1.54, 1.807) is 0 Å². The minimum Gasteiger partial charge on any atom is -0.486 e. The summed E-state index contributed by atoms with van der Waals surface area (Å²) in [7, 11) is 1.26. The highest BCUT2D eigenvalue weighted by molar-refractivity contribution is 5.90. The molecule has 0 aliphatic carbocycles. The van der Waals surface area contributed by atoms with Crippen LogP contribution in [0.1, 0.15) is 23.2 Å². The summed E-state index contributed by atoms with van der Waals surface area (Å²) in [4.78, 5) is 22.0. The van der Waals surface area contributed by atoms with Crippen LogP contribution in [0.2, 0.25) is 0 Å². The molecule has 21 heavy (non-hydrogen) atoms. The minimum absolute atomic E-state index is 0.0920. The first-order valence-electron chi connectivity index (χ1n) is 6.69. The van der Waals surface area contributed by atoms with Gasteiger partial charge in [0.15, 0.2) is 5.75 Å². The number of ether oxygens (including phenoxy) is 3. The Balaban J connectivity index is 2.13. The van der Waals surface area contributed by atoms with Crippen molar-refractivity contribution in [2.45, 2.75) is 12.8 Å². The van der Waals surface area contributed by atoms with E-state index in [-0.39, 0.29) is 17.0 Å². The van der Waals surface area contributed by atoms with Crippen molar-refractivity contribution in [3.8, 4) is 5.75 Å². The monoisotopic (exact) mass is 295 g/mol. The molecule has 0 unspecified atom stereocenters. The second kappa shape index (κ2) is 7.03. The van der Waals surface area contributed by atoms with Gasteiger partial charge < -0.3 is 14.2 Å². The van der Waals surface area contributed by atoms with Crippen LogP contribution in [0.25, 0.3) is 0 Å². The highest BCUT2D eigenvalue weighted by Crippen LogP contribution is 2.29. The minimum atomic E-state index is -0.555. The van der Waals surface area contributed by atoms with Gasteiger partial charge in [0.1, 0.15) is 0 Å². The second-order valence-electron chi connectivity index (χ2n) is 4.80. The predicted molar refractivity (Wildman–Crippen MR) is 73.5 cm³/mol. The van der Waals surface area contributed by atoms with Crippen molar-refractivity contribution < 1.29 is 23.9 Å². The molecule has 0 bridgehead atoms. The maximum Gasteiger partial charge on any atom is 0.337 e. The normalized spacial score (nSPS) is 15.5. The SMILES string of the molecule is COC(=O)c1ccc([N+](=O)[O-])c(OCC2CCOCC2)c1. The lowest BCUT2D eigenvalue weighted by molar-refractivity contribution is -0.385. The molecule has 1 fully saturated rings. The van der Waals surface area contributed by atoms with E-state index < -0.39 is 10.9 Å². The second-order valence-corrected chi connectivity index (χ2v) is 4.80. The summed E-state index contributed by atoms with van der Waals surface area (Å²) < 4.78 is 15.4. The molecule has 1 saturated heterocycles. The fourth-order valence-electron chi connectivity index (χ4n) is 2.15. The first kappa shape index (κ1) is 15.2. The Morgan fingerprint density at radius 2 is 2.14 bits per heavy atom. The third-order valence-electron chi connectivity index (χ3n) is 3.39. The summed E-state index contributed by atoms with van der Waals surface area (Å²) >= 11 is 0. The molecule has 0 aromatic heterocycles. The Kier molecular flexibility index (Phi) is 5.10. The number of nitro groups is 1. The van der Waals surface area contributed by atoms with E-state index >= 15 is 0 Å². The highest BCUT2D eigenvalue weighted by Gasteiger charge is 2.21. The van der Waals surface area contributed by atoms with E-state index in [4.69, 9.17) is 9.47 Å². The van der Waals surface area contributed by atoms with Crippen LogP contribution in [-0.2, 0) is 9.47 Å². The lowest BCUT2D eigenvalue weighted by atomic mass is 10.0. The smallest absolute Gasteiger partial charge is 0.337 e. The van der Waals surface area contributed by atoms with Gasteiger partial charge in [-0.3, -0.25) is 10.1 Å². The molecule has 0 N–H and O–H groups in total. The summed E-state index contributed by atoms with van der Waals surface area (Å²) in [5, 5.41) is 11.0. The maximum atomic E-state index is 11.5. The molecule has 1 aliphatic heterocycles. The van der Waals surface area contributed by atoms with Gasteiger partial charge in [0, 0.05) is 25.3 Å². The molecule has 1 heterocycles. The molecule has 2 rings (SSSR count). The highest BCUT2D eigenvalue weighted by atomic mass is 16.6. The molecule has 7 nitrogen and oxygen atoms in total. The van der Waals surface area contributed by atoms with Gasteiger partial charge in [0.2, 0.25) is 0 Å². The number of methoxy groups -OCH3 is 1. The number of hydrogen-bond acceptors (Lipinski definition) is 6. The van der Waals surface area contributed by atoms with Crippen LogP contribution in [0.5, 0.6) is 5.75 Å². The van der Waals surface area contributed by atoms with Crippen LogP contribution < -0.4 is 4.74 Å². The molecule has 0 saturated carbocycles. The van der Waals surface area contributed by atoms with Crippen molar-refractivity contribution in [2.75, 3.05) is 26.9 Å². The number of rotatable bonds is 5. The van der Waals surface area contributed by atoms with E-state index in [1.807, 2.05) is 0 Å². The van der Waals surface area contributed by atoms with E-state index in [9.17, 15) is 14.9 Å². The fourth-order valence-corrected chi connectivity index (χ4v) is 2.15. The van der Waals surface area contributed by atoms with Gasteiger partial charge in [-0.15, -0.1) is 0 Å². The van der Waals surface area contributed by atoms with Crippen molar-refractivity contribution >= 4 is 11.7 Å². The van der Waals surface area contributed by atoms with Crippen LogP contribution in [0.3, 0.4) is 0 Å². The third kappa shape index (κ3) is 3.91. The molecule has 0 spiro atoms. The van der Waals surface area contributed by atoms with Gasteiger partial charge >= 0.3 is 11.7 Å². The average molecular weight is 295 g/mol. The van der Waals surface area contributed by atoms with Gasteiger partial charge in [0.05, 0.1) is 24.2 Å². The molecule has 7 heteroatoms. The van der Waals surface area contributed by atoms with Crippen LogP contribution in [0.15, 0.2) is 18.2 Å². The molecule has 1 aromatic carbocycles. The molecule has 1 aliphatic rings. The van der Waals surface area contributed by atoms with Crippen molar-refractivity contribution in [2.24, 2.45) is 5.92 Å². The maximum absolute atomic E-state index is 11.5. The number of nitro benzene ring substituents is 1. The van der Waals surface area contributed by atoms with E-state index in [0.717, 1.165) is 12.8 Å². The third-order valence-corrected chi connectivity index (χ3v) is 3.39. The zero-order valence-corrected chi connectivity index (χ0v) is 11.7. The first-order valence-corrected chi connectivity index (χ1v) is 6.69. The zero-order chi connectivity index (χ0) is 15.2. The molecule has 0 amide bonds. The Morgan fingerprint density at radius 1 is 1.43 bits per heavy atom. The van der Waals surface area contributed by atoms with Crippen molar-refractivity contribution in [1.82, 2.24) is 0 Å². The zero-order valence-electron chi connectivity index (χ0n) is 11.7.